The van der Waals surface area contributed by atoms with Gasteiger partial charge >= 0.3 is 0 Å². The van der Waals surface area contributed by atoms with Gasteiger partial charge in [0.1, 0.15) is 5.82 Å². The fourth-order valence-corrected chi connectivity index (χ4v) is 5.22. The van der Waals surface area contributed by atoms with Gasteiger partial charge in [0.15, 0.2) is 11.6 Å². The third kappa shape index (κ3) is 3.89. The van der Waals surface area contributed by atoms with Crippen LogP contribution in [0.25, 0.3) is 0 Å². The zero-order valence-corrected chi connectivity index (χ0v) is 17.5. The van der Waals surface area contributed by atoms with Gasteiger partial charge in [-0.15, -0.1) is 0 Å². The van der Waals surface area contributed by atoms with E-state index in [0.717, 1.165) is 37.3 Å². The molecule has 0 N–H and O–H groups in total. The zero-order valence-electron chi connectivity index (χ0n) is 16.7. The molecule has 1 saturated heterocycles. The Balaban J connectivity index is 1.78. The van der Waals surface area contributed by atoms with Crippen molar-refractivity contribution in [3.63, 3.8) is 0 Å². The second-order valence-corrected chi connectivity index (χ2v) is 8.70. The summed E-state index contributed by atoms with van der Waals surface area (Å²) >= 11 is 6.06. The second kappa shape index (κ2) is 8.61. The molecule has 156 valence electrons. The number of unbranched alkanes of at least 4 members (excludes halogenated alkanes) is 2. The Morgan fingerprint density at radius 1 is 1.07 bits per heavy atom. The van der Waals surface area contributed by atoms with Crippen LogP contribution < -0.4 is 4.74 Å². The van der Waals surface area contributed by atoms with Crippen LogP contribution in [0.2, 0.25) is 5.02 Å². The second-order valence-electron chi connectivity index (χ2n) is 8.27. The summed E-state index contributed by atoms with van der Waals surface area (Å²) in [6.07, 6.45) is 5.48. The molecule has 29 heavy (non-hydrogen) atoms. The van der Waals surface area contributed by atoms with Crippen molar-refractivity contribution in [3.05, 3.63) is 64.2 Å². The van der Waals surface area contributed by atoms with Crippen molar-refractivity contribution >= 4 is 11.6 Å². The molecule has 2 aromatic carbocycles. The van der Waals surface area contributed by atoms with Crippen molar-refractivity contribution in [1.29, 1.82) is 0 Å². The smallest absolute Gasteiger partial charge is 0.165 e. The summed E-state index contributed by atoms with van der Waals surface area (Å²) in [5.74, 6) is -0.837. The van der Waals surface area contributed by atoms with Gasteiger partial charge in [-0.05, 0) is 49.1 Å². The van der Waals surface area contributed by atoms with Crippen LogP contribution in [-0.4, -0.2) is 19.3 Å². The number of hydrogen-bond donors (Lipinski definition) is 0. The maximum atomic E-state index is 15.2. The molecule has 2 aromatic rings. The van der Waals surface area contributed by atoms with E-state index in [2.05, 4.69) is 6.92 Å². The van der Waals surface area contributed by atoms with Crippen LogP contribution >= 0.6 is 11.6 Å². The molecule has 0 amide bonds. The SMILES string of the molecule is CCCCC[C@H]1OCC[C@]2(Cc3ccc(Cl)cc3)c3c(F)ccc(F)c3OC[C@H]12. The van der Waals surface area contributed by atoms with Gasteiger partial charge in [-0.3, -0.25) is 0 Å². The molecule has 2 aliphatic heterocycles. The number of halogens is 3. The van der Waals surface area contributed by atoms with E-state index in [-0.39, 0.29) is 17.8 Å². The van der Waals surface area contributed by atoms with E-state index in [1.807, 2.05) is 24.3 Å². The van der Waals surface area contributed by atoms with E-state index >= 15 is 4.39 Å². The van der Waals surface area contributed by atoms with Gasteiger partial charge in [-0.1, -0.05) is 49.9 Å². The third-order valence-electron chi connectivity index (χ3n) is 6.53. The minimum absolute atomic E-state index is 0.0154. The number of benzene rings is 2. The standard InChI is InChI=1S/C24H27ClF2O2/c1-2-3-4-5-21-18-15-29-23-20(27)11-10-19(26)22(23)24(18,12-13-28-21)14-16-6-8-17(25)9-7-16/h6-11,18,21H,2-5,12-15H2,1H3/t18-,21-,24-/m1/s1. The van der Waals surface area contributed by atoms with Crippen molar-refractivity contribution in [2.75, 3.05) is 13.2 Å². The summed E-state index contributed by atoms with van der Waals surface area (Å²) < 4.78 is 41.7. The summed E-state index contributed by atoms with van der Waals surface area (Å²) in [5, 5.41) is 0.664. The van der Waals surface area contributed by atoms with Crippen molar-refractivity contribution in [2.24, 2.45) is 5.92 Å². The lowest BCUT2D eigenvalue weighted by Gasteiger charge is -2.51. The van der Waals surface area contributed by atoms with Gasteiger partial charge in [0.05, 0.1) is 12.7 Å². The van der Waals surface area contributed by atoms with Gasteiger partial charge in [0.25, 0.3) is 0 Å². The molecular formula is C24H27ClF2O2. The minimum Gasteiger partial charge on any atom is -0.490 e. The van der Waals surface area contributed by atoms with Crippen molar-refractivity contribution < 1.29 is 18.3 Å². The van der Waals surface area contributed by atoms with Crippen LogP contribution in [0.1, 0.15) is 50.2 Å². The number of fused-ring (bicyclic) bond motifs is 3. The zero-order chi connectivity index (χ0) is 20.4. The molecule has 2 heterocycles. The molecule has 0 bridgehead atoms. The predicted octanol–water partition coefficient (Wildman–Crippen LogP) is 6.48. The highest BCUT2D eigenvalue weighted by Crippen LogP contribution is 2.53. The van der Waals surface area contributed by atoms with E-state index < -0.39 is 17.0 Å². The molecule has 0 aromatic heterocycles. The van der Waals surface area contributed by atoms with Crippen LogP contribution in [0.5, 0.6) is 5.75 Å². The van der Waals surface area contributed by atoms with Crippen molar-refractivity contribution in [2.45, 2.75) is 57.0 Å². The van der Waals surface area contributed by atoms with E-state index in [1.54, 1.807) is 0 Å². The fraction of sp³-hybridized carbons (Fsp3) is 0.500. The first-order valence-electron chi connectivity index (χ1n) is 10.5. The Labute approximate surface area is 176 Å². The van der Waals surface area contributed by atoms with Gasteiger partial charge in [-0.25, -0.2) is 8.78 Å². The Kier molecular flexibility index (Phi) is 6.12. The Bertz CT molecular complexity index is 855. The molecule has 2 aliphatic rings. The molecular weight excluding hydrogens is 394 g/mol. The van der Waals surface area contributed by atoms with Gasteiger partial charge < -0.3 is 9.47 Å². The third-order valence-corrected chi connectivity index (χ3v) is 6.78. The summed E-state index contributed by atoms with van der Waals surface area (Å²) in [5.41, 5.74) is 0.889. The largest absolute Gasteiger partial charge is 0.490 e. The highest BCUT2D eigenvalue weighted by molar-refractivity contribution is 6.30. The highest BCUT2D eigenvalue weighted by atomic mass is 35.5. The molecule has 0 saturated carbocycles. The molecule has 3 atom stereocenters. The van der Waals surface area contributed by atoms with Gasteiger partial charge in [0.2, 0.25) is 0 Å². The average Bonchev–Trinajstić information content (AvgIpc) is 2.72. The van der Waals surface area contributed by atoms with E-state index in [4.69, 9.17) is 21.1 Å². The van der Waals surface area contributed by atoms with E-state index in [0.29, 0.717) is 36.6 Å². The number of ether oxygens (including phenoxy) is 2. The maximum absolute atomic E-state index is 15.2. The fourth-order valence-electron chi connectivity index (χ4n) is 5.09. The van der Waals surface area contributed by atoms with Crippen LogP contribution in [0, 0.1) is 17.6 Å². The summed E-state index contributed by atoms with van der Waals surface area (Å²) in [4.78, 5) is 0. The van der Waals surface area contributed by atoms with Crippen LogP contribution in [0.3, 0.4) is 0 Å². The molecule has 0 spiro atoms. The molecule has 5 heteroatoms. The number of rotatable bonds is 6. The van der Waals surface area contributed by atoms with Crippen LogP contribution in [0.15, 0.2) is 36.4 Å². The quantitative estimate of drug-likeness (QED) is 0.498. The minimum atomic E-state index is -0.553. The topological polar surface area (TPSA) is 18.5 Å². The van der Waals surface area contributed by atoms with Crippen molar-refractivity contribution in [1.82, 2.24) is 0 Å². The lowest BCUT2D eigenvalue weighted by Crippen LogP contribution is -2.54. The Morgan fingerprint density at radius 2 is 1.83 bits per heavy atom. The lowest BCUT2D eigenvalue weighted by molar-refractivity contribution is -0.0993. The summed E-state index contributed by atoms with van der Waals surface area (Å²) in [6.45, 7) is 3.05. The first kappa shape index (κ1) is 20.6. The molecule has 0 unspecified atom stereocenters. The maximum Gasteiger partial charge on any atom is 0.165 e. The molecule has 0 radical (unpaired) electrons. The van der Waals surface area contributed by atoms with Gasteiger partial charge in [-0.2, -0.15) is 0 Å². The average molecular weight is 421 g/mol. The molecule has 1 fully saturated rings. The van der Waals surface area contributed by atoms with E-state index in [9.17, 15) is 4.39 Å². The van der Waals surface area contributed by atoms with Crippen LogP contribution in [-0.2, 0) is 16.6 Å². The van der Waals surface area contributed by atoms with Crippen molar-refractivity contribution in [3.8, 4) is 5.75 Å². The van der Waals surface area contributed by atoms with Gasteiger partial charge in [0, 0.05) is 28.5 Å². The Hall–Kier alpha value is -1.65. The predicted molar refractivity (Wildman–Crippen MR) is 111 cm³/mol. The highest BCUT2D eigenvalue weighted by Gasteiger charge is 2.53. The lowest BCUT2D eigenvalue weighted by atomic mass is 9.60. The normalized spacial score (nSPS) is 25.8. The number of hydrogen-bond acceptors (Lipinski definition) is 2. The monoisotopic (exact) mass is 420 g/mol. The van der Waals surface area contributed by atoms with E-state index in [1.165, 1.54) is 6.07 Å². The first-order chi connectivity index (χ1) is 14.0. The van der Waals surface area contributed by atoms with Crippen LogP contribution in [0.4, 0.5) is 8.78 Å². The molecule has 0 aliphatic carbocycles. The Morgan fingerprint density at radius 3 is 2.59 bits per heavy atom. The molecule has 4 rings (SSSR count). The summed E-state index contributed by atoms with van der Waals surface area (Å²) in [6, 6.07) is 10.0. The molecule has 2 nitrogen and oxygen atoms in total. The summed E-state index contributed by atoms with van der Waals surface area (Å²) in [7, 11) is 0. The first-order valence-corrected chi connectivity index (χ1v) is 10.9.